The molecule has 0 aliphatic carbocycles. The minimum atomic E-state index is -4.60. The summed E-state index contributed by atoms with van der Waals surface area (Å²) in [6.45, 7) is 1.88. The van der Waals surface area contributed by atoms with E-state index in [-0.39, 0.29) is 16.9 Å². The average molecular weight is 459 g/mol. The number of alkyl halides is 3. The monoisotopic (exact) mass is 458 g/mol. The number of carbonyl (C=O) groups excluding carboxylic acids is 2. The van der Waals surface area contributed by atoms with E-state index < -0.39 is 23.6 Å². The van der Waals surface area contributed by atoms with Crippen molar-refractivity contribution in [1.29, 1.82) is 0 Å². The largest absolute Gasteiger partial charge is 0.486 e. The topological polar surface area (TPSA) is 76.7 Å². The third-order valence-electron chi connectivity index (χ3n) is 3.76. The summed E-state index contributed by atoms with van der Waals surface area (Å²) in [7, 11) is 0. The molecule has 0 aromatic heterocycles. The lowest BCUT2D eigenvalue weighted by Crippen LogP contribution is -2.19. The lowest BCUT2D eigenvalue weighted by Gasteiger charge is -2.20. The Bertz CT molecular complexity index is 947. The van der Waals surface area contributed by atoms with Crippen LogP contribution in [-0.2, 0) is 11.0 Å². The van der Waals surface area contributed by atoms with Crippen LogP contribution >= 0.6 is 15.9 Å². The van der Waals surface area contributed by atoms with Gasteiger partial charge in [-0.25, -0.2) is 0 Å². The first kappa shape index (κ1) is 20.0. The minimum Gasteiger partial charge on any atom is -0.486 e. The van der Waals surface area contributed by atoms with Gasteiger partial charge in [-0.1, -0.05) is 0 Å². The summed E-state index contributed by atoms with van der Waals surface area (Å²) in [6, 6.07) is 5.56. The first-order valence-electron chi connectivity index (χ1n) is 8.04. The summed E-state index contributed by atoms with van der Waals surface area (Å²) < 4.78 is 50.4. The molecular formula is C18H14BrF3N2O4. The predicted octanol–water partition coefficient (Wildman–Crippen LogP) is 4.45. The van der Waals surface area contributed by atoms with Gasteiger partial charge in [0, 0.05) is 12.5 Å². The Hall–Kier alpha value is -2.75. The van der Waals surface area contributed by atoms with E-state index in [1.165, 1.54) is 19.1 Å². The molecule has 2 N–H and O–H groups in total. The Labute approximate surface area is 166 Å². The van der Waals surface area contributed by atoms with Gasteiger partial charge in [0.1, 0.15) is 13.2 Å². The summed E-state index contributed by atoms with van der Waals surface area (Å²) in [5.41, 5.74) is -0.950. The van der Waals surface area contributed by atoms with E-state index in [4.69, 9.17) is 9.47 Å². The van der Waals surface area contributed by atoms with Crippen LogP contribution in [0.5, 0.6) is 11.5 Å². The van der Waals surface area contributed by atoms with Gasteiger partial charge >= 0.3 is 6.18 Å². The highest BCUT2D eigenvalue weighted by atomic mass is 79.9. The van der Waals surface area contributed by atoms with E-state index in [9.17, 15) is 22.8 Å². The zero-order valence-electron chi connectivity index (χ0n) is 14.4. The van der Waals surface area contributed by atoms with Gasteiger partial charge in [-0.05, 0) is 46.3 Å². The van der Waals surface area contributed by atoms with E-state index in [2.05, 4.69) is 26.6 Å². The Morgan fingerprint density at radius 1 is 1.04 bits per heavy atom. The van der Waals surface area contributed by atoms with Gasteiger partial charge in [-0.15, -0.1) is 0 Å². The van der Waals surface area contributed by atoms with Crippen LogP contribution in [0.1, 0.15) is 22.8 Å². The van der Waals surface area contributed by atoms with Crippen LogP contribution in [0, 0.1) is 0 Å². The Morgan fingerprint density at radius 2 is 1.75 bits per heavy atom. The van der Waals surface area contributed by atoms with Crippen LogP contribution in [0.15, 0.2) is 34.8 Å². The molecule has 0 fully saturated rings. The van der Waals surface area contributed by atoms with Crippen molar-refractivity contribution in [1.82, 2.24) is 0 Å². The van der Waals surface area contributed by atoms with Crippen LogP contribution in [0.3, 0.4) is 0 Å². The normalized spacial score (nSPS) is 13.0. The van der Waals surface area contributed by atoms with Gasteiger partial charge in [0.2, 0.25) is 5.91 Å². The molecule has 28 heavy (non-hydrogen) atoms. The number of rotatable bonds is 3. The maximum atomic E-state index is 13.0. The van der Waals surface area contributed by atoms with Crippen molar-refractivity contribution in [3.63, 3.8) is 0 Å². The van der Waals surface area contributed by atoms with Gasteiger partial charge in [0.25, 0.3) is 5.91 Å². The van der Waals surface area contributed by atoms with Crippen molar-refractivity contribution in [2.45, 2.75) is 13.1 Å². The molecule has 0 spiro atoms. The predicted molar refractivity (Wildman–Crippen MR) is 98.8 cm³/mol. The number of carbonyl (C=O) groups is 2. The van der Waals surface area contributed by atoms with Crippen molar-refractivity contribution >= 4 is 39.1 Å². The highest BCUT2D eigenvalue weighted by Gasteiger charge is 2.31. The fourth-order valence-corrected chi connectivity index (χ4v) is 3.12. The molecule has 3 rings (SSSR count). The van der Waals surface area contributed by atoms with Gasteiger partial charge in [0.05, 0.1) is 21.4 Å². The fourth-order valence-electron chi connectivity index (χ4n) is 2.56. The lowest BCUT2D eigenvalue weighted by atomic mass is 10.1. The average Bonchev–Trinajstić information content (AvgIpc) is 2.61. The Balaban J connectivity index is 1.94. The quantitative estimate of drug-likeness (QED) is 0.712. The maximum Gasteiger partial charge on any atom is 0.416 e. The number of fused-ring (bicyclic) bond motifs is 1. The summed E-state index contributed by atoms with van der Waals surface area (Å²) in [6.07, 6.45) is -4.60. The molecule has 0 saturated heterocycles. The van der Waals surface area contributed by atoms with E-state index in [0.717, 1.165) is 18.2 Å². The van der Waals surface area contributed by atoms with Crippen LogP contribution in [0.25, 0.3) is 0 Å². The second kappa shape index (κ2) is 7.70. The smallest absolute Gasteiger partial charge is 0.416 e. The summed E-state index contributed by atoms with van der Waals surface area (Å²) in [4.78, 5) is 24.0. The summed E-state index contributed by atoms with van der Waals surface area (Å²) in [5, 5.41) is 4.80. The van der Waals surface area contributed by atoms with Gasteiger partial charge in [-0.3, -0.25) is 9.59 Å². The molecule has 1 heterocycles. The number of amides is 2. The number of benzene rings is 2. The highest BCUT2D eigenvalue weighted by molar-refractivity contribution is 9.10. The number of halogens is 4. The first-order chi connectivity index (χ1) is 13.1. The second-order valence-corrected chi connectivity index (χ2v) is 6.73. The van der Waals surface area contributed by atoms with Gasteiger partial charge in [-0.2, -0.15) is 13.2 Å². The molecular weight excluding hydrogens is 445 g/mol. The van der Waals surface area contributed by atoms with Crippen LogP contribution in [0.2, 0.25) is 0 Å². The molecule has 0 unspecified atom stereocenters. The lowest BCUT2D eigenvalue weighted by molar-refractivity contribution is -0.137. The maximum absolute atomic E-state index is 13.0. The van der Waals surface area contributed by atoms with Gasteiger partial charge < -0.3 is 20.1 Å². The van der Waals surface area contributed by atoms with Crippen molar-refractivity contribution in [3.8, 4) is 11.5 Å². The van der Waals surface area contributed by atoms with Crippen molar-refractivity contribution in [3.05, 3.63) is 45.9 Å². The summed E-state index contributed by atoms with van der Waals surface area (Å²) >= 11 is 3.28. The van der Waals surface area contributed by atoms with E-state index >= 15 is 0 Å². The van der Waals surface area contributed by atoms with Crippen molar-refractivity contribution < 1.29 is 32.2 Å². The molecule has 2 aromatic rings. The molecule has 148 valence electrons. The van der Waals surface area contributed by atoms with Crippen LogP contribution in [-0.4, -0.2) is 25.0 Å². The van der Waals surface area contributed by atoms with E-state index in [1.807, 2.05) is 0 Å². The molecule has 2 aromatic carbocycles. The number of hydrogen-bond acceptors (Lipinski definition) is 4. The minimum absolute atomic E-state index is 0.0467. The summed E-state index contributed by atoms with van der Waals surface area (Å²) in [5.74, 6) is -0.376. The number of hydrogen-bond donors (Lipinski definition) is 2. The molecule has 0 bridgehead atoms. The standard InChI is InChI=1S/C18H14BrF3N2O4/c1-9(25)23-13-3-2-11(18(20,21)22)8-14(13)24-17(26)10-6-12(19)16-15(7-10)27-4-5-28-16/h2-3,6-8H,4-5H2,1H3,(H,23,25)(H,24,26). The van der Waals surface area contributed by atoms with Crippen molar-refractivity contribution in [2.75, 3.05) is 23.8 Å². The zero-order chi connectivity index (χ0) is 20.5. The molecule has 6 nitrogen and oxygen atoms in total. The zero-order valence-corrected chi connectivity index (χ0v) is 16.0. The van der Waals surface area contributed by atoms with E-state index in [0.29, 0.717) is 29.2 Å². The second-order valence-electron chi connectivity index (χ2n) is 5.88. The van der Waals surface area contributed by atoms with E-state index in [1.54, 1.807) is 0 Å². The molecule has 10 heteroatoms. The molecule has 2 amide bonds. The fraction of sp³-hybridized carbons (Fsp3) is 0.222. The number of anilines is 2. The highest BCUT2D eigenvalue weighted by Crippen LogP contribution is 2.39. The molecule has 0 saturated carbocycles. The third-order valence-corrected chi connectivity index (χ3v) is 4.35. The van der Waals surface area contributed by atoms with Crippen LogP contribution < -0.4 is 20.1 Å². The Morgan fingerprint density at radius 3 is 2.43 bits per heavy atom. The molecule has 1 aliphatic rings. The van der Waals surface area contributed by atoms with Crippen molar-refractivity contribution in [2.24, 2.45) is 0 Å². The Kier molecular flexibility index (Phi) is 5.50. The molecule has 0 radical (unpaired) electrons. The molecule has 0 atom stereocenters. The number of ether oxygens (including phenoxy) is 2. The first-order valence-corrected chi connectivity index (χ1v) is 8.84. The SMILES string of the molecule is CC(=O)Nc1ccc(C(F)(F)F)cc1NC(=O)c1cc(Br)c2c(c1)OCCO2. The van der Waals surface area contributed by atoms with Gasteiger partial charge in [0.15, 0.2) is 11.5 Å². The molecule has 1 aliphatic heterocycles. The van der Waals surface area contributed by atoms with Crippen LogP contribution in [0.4, 0.5) is 24.5 Å². The number of nitrogens with one attached hydrogen (secondary N) is 2. The third kappa shape index (κ3) is 4.38.